The van der Waals surface area contributed by atoms with Gasteiger partial charge in [-0.1, -0.05) is 0 Å². The fraction of sp³-hybridized carbons (Fsp3) is 0.923. The van der Waals surface area contributed by atoms with Crippen molar-refractivity contribution in [3.05, 3.63) is 0 Å². The molecule has 1 N–H and O–H groups in total. The zero-order valence-corrected chi connectivity index (χ0v) is 13.6. The maximum atomic E-state index is 12.3. The second-order valence-electron chi connectivity index (χ2n) is 5.58. The number of hydrogen-bond donors (Lipinski definition) is 1. The van der Waals surface area contributed by atoms with Crippen molar-refractivity contribution in [2.75, 3.05) is 45.8 Å². The summed E-state index contributed by atoms with van der Waals surface area (Å²) < 4.78 is 27.6. The van der Waals surface area contributed by atoms with Gasteiger partial charge in [0.25, 0.3) is 0 Å². The van der Waals surface area contributed by atoms with Crippen LogP contribution in [0.2, 0.25) is 0 Å². The predicted molar refractivity (Wildman–Crippen MR) is 78.4 cm³/mol. The van der Waals surface area contributed by atoms with Gasteiger partial charge in [-0.05, 0) is 39.8 Å². The summed E-state index contributed by atoms with van der Waals surface area (Å²) in [6.07, 6.45) is 3.22. The van der Waals surface area contributed by atoms with Gasteiger partial charge in [0.15, 0.2) is 0 Å². The zero-order valence-electron chi connectivity index (χ0n) is 12.8. The van der Waals surface area contributed by atoms with Crippen molar-refractivity contribution in [1.82, 2.24) is 10.2 Å². The number of sulfone groups is 1. The summed E-state index contributed by atoms with van der Waals surface area (Å²) in [6, 6.07) is 0. The van der Waals surface area contributed by atoms with E-state index in [1.54, 1.807) is 14.0 Å². The standard InChI is InChI=1S/C13H26N2O4S/c1-5-19-12(16)13(14-2,11-6-7-11)10-15(3)8-9-20(4,17)18/h11,14H,5-10H2,1-4H3. The number of likely N-dealkylation sites (N-methyl/N-ethyl adjacent to an activating group) is 2. The highest BCUT2D eigenvalue weighted by Gasteiger charge is 2.51. The van der Waals surface area contributed by atoms with Gasteiger partial charge < -0.3 is 15.0 Å². The number of nitrogens with zero attached hydrogens (tertiary/aromatic N) is 1. The molecule has 20 heavy (non-hydrogen) atoms. The maximum absolute atomic E-state index is 12.3. The van der Waals surface area contributed by atoms with Gasteiger partial charge in [-0.2, -0.15) is 0 Å². The van der Waals surface area contributed by atoms with Crippen LogP contribution in [0, 0.1) is 5.92 Å². The van der Waals surface area contributed by atoms with Crippen LogP contribution < -0.4 is 5.32 Å². The number of ether oxygens (including phenoxy) is 1. The molecular weight excluding hydrogens is 280 g/mol. The monoisotopic (exact) mass is 306 g/mol. The maximum Gasteiger partial charge on any atom is 0.327 e. The van der Waals surface area contributed by atoms with E-state index in [0.717, 1.165) is 12.8 Å². The fourth-order valence-corrected chi connectivity index (χ4v) is 3.05. The lowest BCUT2D eigenvalue weighted by atomic mass is 9.92. The third-order valence-electron chi connectivity index (χ3n) is 3.72. The van der Waals surface area contributed by atoms with E-state index in [-0.39, 0.29) is 17.6 Å². The number of carbonyl (C=O) groups is 1. The Morgan fingerprint density at radius 1 is 1.45 bits per heavy atom. The van der Waals surface area contributed by atoms with E-state index in [9.17, 15) is 13.2 Å². The highest BCUT2D eigenvalue weighted by Crippen LogP contribution is 2.40. The number of rotatable bonds is 9. The number of hydrogen-bond acceptors (Lipinski definition) is 6. The Balaban J connectivity index is 2.72. The van der Waals surface area contributed by atoms with Gasteiger partial charge in [0.2, 0.25) is 0 Å². The molecule has 1 atom stereocenters. The molecule has 1 rings (SSSR count). The normalized spacial score (nSPS) is 18.9. The van der Waals surface area contributed by atoms with Gasteiger partial charge in [-0.3, -0.25) is 0 Å². The average Bonchev–Trinajstić information content (AvgIpc) is 3.17. The van der Waals surface area contributed by atoms with Gasteiger partial charge in [-0.25, -0.2) is 13.2 Å². The van der Waals surface area contributed by atoms with Crippen LogP contribution in [0.5, 0.6) is 0 Å². The lowest BCUT2D eigenvalue weighted by molar-refractivity contribution is -0.153. The van der Waals surface area contributed by atoms with Gasteiger partial charge in [-0.15, -0.1) is 0 Å². The summed E-state index contributed by atoms with van der Waals surface area (Å²) in [5, 5.41) is 3.12. The van der Waals surface area contributed by atoms with Crippen LogP contribution >= 0.6 is 0 Å². The highest BCUT2D eigenvalue weighted by molar-refractivity contribution is 7.90. The third-order valence-corrected chi connectivity index (χ3v) is 4.65. The Hall–Kier alpha value is -0.660. The van der Waals surface area contributed by atoms with Crippen molar-refractivity contribution in [2.24, 2.45) is 5.92 Å². The average molecular weight is 306 g/mol. The van der Waals surface area contributed by atoms with Crippen LogP contribution in [0.1, 0.15) is 19.8 Å². The van der Waals surface area contributed by atoms with Crippen molar-refractivity contribution in [3.63, 3.8) is 0 Å². The molecule has 1 fully saturated rings. The molecule has 0 aromatic heterocycles. The molecule has 0 spiro atoms. The molecule has 1 aliphatic carbocycles. The molecule has 0 aromatic rings. The van der Waals surface area contributed by atoms with Crippen LogP contribution in [0.25, 0.3) is 0 Å². The largest absolute Gasteiger partial charge is 0.465 e. The minimum atomic E-state index is -2.99. The van der Waals surface area contributed by atoms with Crippen LogP contribution in [-0.2, 0) is 19.4 Å². The summed E-state index contributed by atoms with van der Waals surface area (Å²) in [6.45, 7) is 3.01. The van der Waals surface area contributed by atoms with Crippen LogP contribution in [0.3, 0.4) is 0 Å². The Bertz CT molecular complexity index is 434. The first-order valence-electron chi connectivity index (χ1n) is 6.97. The summed E-state index contributed by atoms with van der Waals surface area (Å²) in [5.74, 6) is 0.125. The number of esters is 1. The van der Waals surface area contributed by atoms with Crippen molar-refractivity contribution in [3.8, 4) is 0 Å². The Morgan fingerprint density at radius 3 is 2.45 bits per heavy atom. The van der Waals surface area contributed by atoms with Crippen LogP contribution in [0.15, 0.2) is 0 Å². The smallest absolute Gasteiger partial charge is 0.327 e. The minimum absolute atomic E-state index is 0.0940. The van der Waals surface area contributed by atoms with Crippen molar-refractivity contribution in [2.45, 2.75) is 25.3 Å². The second-order valence-corrected chi connectivity index (χ2v) is 7.84. The van der Waals surface area contributed by atoms with Gasteiger partial charge in [0.05, 0.1) is 12.4 Å². The predicted octanol–water partition coefficient (Wildman–Crippen LogP) is -0.106. The molecule has 0 aliphatic heterocycles. The third kappa shape index (κ3) is 4.71. The van der Waals surface area contributed by atoms with E-state index in [2.05, 4.69) is 5.32 Å². The van der Waals surface area contributed by atoms with Gasteiger partial charge in [0.1, 0.15) is 15.4 Å². The lowest BCUT2D eigenvalue weighted by Crippen LogP contribution is -2.60. The summed E-state index contributed by atoms with van der Waals surface area (Å²) >= 11 is 0. The van der Waals surface area contributed by atoms with Gasteiger partial charge in [0, 0.05) is 19.3 Å². The summed E-state index contributed by atoms with van der Waals surface area (Å²) in [4.78, 5) is 14.2. The van der Waals surface area contributed by atoms with Crippen molar-refractivity contribution < 1.29 is 17.9 Å². The molecule has 6 nitrogen and oxygen atoms in total. The number of nitrogens with one attached hydrogen (secondary N) is 1. The molecule has 0 radical (unpaired) electrons. The highest BCUT2D eigenvalue weighted by atomic mass is 32.2. The lowest BCUT2D eigenvalue weighted by Gasteiger charge is -2.35. The molecule has 0 aromatic carbocycles. The Kier molecular flexibility index (Phi) is 5.97. The molecule has 1 saturated carbocycles. The van der Waals surface area contributed by atoms with Crippen LogP contribution in [0.4, 0.5) is 0 Å². The van der Waals surface area contributed by atoms with E-state index in [0.29, 0.717) is 19.7 Å². The molecule has 0 bridgehead atoms. The first kappa shape index (κ1) is 17.4. The van der Waals surface area contributed by atoms with Gasteiger partial charge >= 0.3 is 5.97 Å². The van der Waals surface area contributed by atoms with E-state index in [1.807, 2.05) is 11.9 Å². The fourth-order valence-electron chi connectivity index (χ4n) is 2.41. The second kappa shape index (κ2) is 6.87. The zero-order chi connectivity index (χ0) is 15.4. The topological polar surface area (TPSA) is 75.7 Å². The molecule has 0 heterocycles. The minimum Gasteiger partial charge on any atom is -0.465 e. The number of carbonyl (C=O) groups excluding carboxylic acids is 1. The quantitative estimate of drug-likeness (QED) is 0.599. The molecule has 118 valence electrons. The Labute approximate surface area is 121 Å². The van der Waals surface area contributed by atoms with E-state index in [1.165, 1.54) is 6.26 Å². The van der Waals surface area contributed by atoms with Crippen molar-refractivity contribution >= 4 is 15.8 Å². The molecule has 0 saturated heterocycles. The molecule has 1 aliphatic rings. The molecule has 0 amide bonds. The van der Waals surface area contributed by atoms with E-state index in [4.69, 9.17) is 4.74 Å². The molecule has 1 unspecified atom stereocenters. The molecular formula is C13H26N2O4S. The molecule has 7 heteroatoms. The summed E-state index contributed by atoms with van der Waals surface area (Å²) in [5.41, 5.74) is -0.720. The van der Waals surface area contributed by atoms with E-state index >= 15 is 0 Å². The Morgan fingerprint density at radius 2 is 2.05 bits per heavy atom. The first-order valence-corrected chi connectivity index (χ1v) is 9.03. The summed E-state index contributed by atoms with van der Waals surface area (Å²) in [7, 11) is 0.601. The van der Waals surface area contributed by atoms with E-state index < -0.39 is 15.4 Å². The van der Waals surface area contributed by atoms with Crippen molar-refractivity contribution in [1.29, 1.82) is 0 Å². The SMILES string of the molecule is CCOC(=O)C(CN(C)CCS(C)(=O)=O)(NC)C1CC1. The van der Waals surface area contributed by atoms with Crippen LogP contribution in [-0.4, -0.2) is 70.6 Å². The first-order chi connectivity index (χ1) is 9.25.